The fourth-order valence-corrected chi connectivity index (χ4v) is 2.48. The molecule has 7 nitrogen and oxygen atoms in total. The molecule has 0 aromatic heterocycles. The molecule has 2 rings (SSSR count). The molecule has 0 saturated carbocycles. The van der Waals surface area contributed by atoms with Crippen LogP contribution < -0.4 is 0 Å². The maximum atomic E-state index is 12.5. The number of rotatable bonds is 2. The molecule has 1 heterocycles. The van der Waals surface area contributed by atoms with Crippen LogP contribution in [-0.4, -0.2) is 64.2 Å². The van der Waals surface area contributed by atoms with E-state index in [1.165, 1.54) is 9.80 Å². The van der Waals surface area contributed by atoms with Gasteiger partial charge < -0.3 is 19.6 Å². The summed E-state index contributed by atoms with van der Waals surface area (Å²) in [6.45, 7) is 5.52. The average Bonchev–Trinajstić information content (AvgIpc) is 2.52. The molecule has 1 aliphatic rings. The first-order chi connectivity index (χ1) is 11.2. The SMILES string of the molecule is CC(C)(C)OC(=O)N1CCN(C(=O)c2ccccc2)C(C(=O)O)C1. The molecule has 0 aliphatic carbocycles. The second-order valence-corrected chi connectivity index (χ2v) is 6.64. The van der Waals surface area contributed by atoms with E-state index in [1.807, 2.05) is 0 Å². The fraction of sp³-hybridized carbons (Fsp3) is 0.471. The molecule has 0 bridgehead atoms. The van der Waals surface area contributed by atoms with Gasteiger partial charge in [-0.15, -0.1) is 0 Å². The van der Waals surface area contributed by atoms with Gasteiger partial charge in [0.15, 0.2) is 0 Å². The van der Waals surface area contributed by atoms with E-state index >= 15 is 0 Å². The Morgan fingerprint density at radius 2 is 1.75 bits per heavy atom. The minimum Gasteiger partial charge on any atom is -0.480 e. The molecule has 1 N–H and O–H groups in total. The van der Waals surface area contributed by atoms with Crippen molar-refractivity contribution in [3.63, 3.8) is 0 Å². The number of nitrogens with zero attached hydrogens (tertiary/aromatic N) is 2. The zero-order valence-electron chi connectivity index (χ0n) is 14.1. The molecule has 130 valence electrons. The third-order valence-corrected chi connectivity index (χ3v) is 3.60. The molecule has 1 fully saturated rings. The quantitative estimate of drug-likeness (QED) is 0.891. The summed E-state index contributed by atoms with van der Waals surface area (Å²) in [5.74, 6) is -1.50. The molecule has 1 saturated heterocycles. The van der Waals surface area contributed by atoms with Gasteiger partial charge in [-0.1, -0.05) is 18.2 Å². The highest BCUT2D eigenvalue weighted by atomic mass is 16.6. The van der Waals surface area contributed by atoms with Gasteiger partial charge in [0.2, 0.25) is 0 Å². The molecular formula is C17H22N2O5. The zero-order chi connectivity index (χ0) is 17.9. The molecule has 2 amide bonds. The van der Waals surface area contributed by atoms with Gasteiger partial charge in [0.25, 0.3) is 5.91 Å². The first-order valence-corrected chi connectivity index (χ1v) is 7.76. The van der Waals surface area contributed by atoms with Crippen LogP contribution in [0.15, 0.2) is 30.3 Å². The van der Waals surface area contributed by atoms with Gasteiger partial charge in [0, 0.05) is 18.7 Å². The molecule has 1 aromatic carbocycles. The van der Waals surface area contributed by atoms with Gasteiger partial charge in [-0.2, -0.15) is 0 Å². The van der Waals surface area contributed by atoms with Crippen molar-refractivity contribution in [3.05, 3.63) is 35.9 Å². The van der Waals surface area contributed by atoms with Crippen molar-refractivity contribution in [1.82, 2.24) is 9.80 Å². The van der Waals surface area contributed by atoms with Crippen molar-refractivity contribution < 1.29 is 24.2 Å². The third-order valence-electron chi connectivity index (χ3n) is 3.60. The molecule has 1 aliphatic heterocycles. The van der Waals surface area contributed by atoms with Gasteiger partial charge in [-0.05, 0) is 32.9 Å². The average molecular weight is 334 g/mol. The first-order valence-electron chi connectivity index (χ1n) is 7.76. The van der Waals surface area contributed by atoms with Gasteiger partial charge >= 0.3 is 12.1 Å². The van der Waals surface area contributed by atoms with E-state index in [9.17, 15) is 19.5 Å². The second-order valence-electron chi connectivity index (χ2n) is 6.64. The number of hydrogen-bond acceptors (Lipinski definition) is 4. The van der Waals surface area contributed by atoms with Crippen molar-refractivity contribution >= 4 is 18.0 Å². The predicted octanol–water partition coefficient (Wildman–Crippen LogP) is 1.83. The van der Waals surface area contributed by atoms with Gasteiger partial charge in [-0.25, -0.2) is 9.59 Å². The van der Waals surface area contributed by atoms with Crippen molar-refractivity contribution in [2.75, 3.05) is 19.6 Å². The standard InChI is InChI=1S/C17H22N2O5/c1-17(2,3)24-16(23)18-9-10-19(13(11-18)15(21)22)14(20)12-7-5-4-6-8-12/h4-8,13H,9-11H2,1-3H3,(H,21,22). The van der Waals surface area contributed by atoms with Crippen LogP contribution in [0.25, 0.3) is 0 Å². The Hall–Kier alpha value is -2.57. The Bertz CT molecular complexity index is 624. The predicted molar refractivity (Wildman–Crippen MR) is 86.7 cm³/mol. The summed E-state index contributed by atoms with van der Waals surface area (Å²) >= 11 is 0. The van der Waals surface area contributed by atoms with Crippen LogP contribution in [0.5, 0.6) is 0 Å². The maximum absolute atomic E-state index is 12.5. The summed E-state index contributed by atoms with van der Waals surface area (Å²) in [6.07, 6.45) is -0.569. The normalized spacial score (nSPS) is 18.2. The lowest BCUT2D eigenvalue weighted by Gasteiger charge is -2.39. The van der Waals surface area contributed by atoms with Crippen LogP contribution in [0.3, 0.4) is 0 Å². The van der Waals surface area contributed by atoms with E-state index in [2.05, 4.69) is 0 Å². The van der Waals surface area contributed by atoms with E-state index in [-0.39, 0.29) is 25.5 Å². The Kier molecular flexibility index (Phi) is 5.11. The van der Waals surface area contributed by atoms with Crippen molar-refractivity contribution in [2.45, 2.75) is 32.4 Å². The number of carbonyl (C=O) groups excluding carboxylic acids is 2. The number of benzene rings is 1. The lowest BCUT2D eigenvalue weighted by molar-refractivity contribution is -0.144. The topological polar surface area (TPSA) is 87.2 Å². The lowest BCUT2D eigenvalue weighted by Crippen LogP contribution is -2.59. The highest BCUT2D eigenvalue weighted by Crippen LogP contribution is 2.17. The summed E-state index contributed by atoms with van der Waals surface area (Å²) in [5, 5.41) is 9.46. The Morgan fingerprint density at radius 3 is 2.29 bits per heavy atom. The van der Waals surface area contributed by atoms with Crippen LogP contribution >= 0.6 is 0 Å². The summed E-state index contributed by atoms with van der Waals surface area (Å²) in [7, 11) is 0. The van der Waals surface area contributed by atoms with Crippen molar-refractivity contribution in [3.8, 4) is 0 Å². The smallest absolute Gasteiger partial charge is 0.410 e. The summed E-state index contributed by atoms with van der Waals surface area (Å²) in [5.41, 5.74) is -0.234. The van der Waals surface area contributed by atoms with E-state index in [4.69, 9.17) is 4.74 Å². The number of hydrogen-bond donors (Lipinski definition) is 1. The number of carbonyl (C=O) groups is 3. The third kappa shape index (κ3) is 4.24. The minimum absolute atomic E-state index is 0.0944. The molecule has 0 radical (unpaired) electrons. The molecule has 0 spiro atoms. The fourth-order valence-electron chi connectivity index (χ4n) is 2.48. The monoisotopic (exact) mass is 334 g/mol. The van der Waals surface area contributed by atoms with Gasteiger partial charge in [0.05, 0.1) is 6.54 Å². The van der Waals surface area contributed by atoms with Crippen LogP contribution in [0, 0.1) is 0 Å². The molecule has 1 unspecified atom stereocenters. The Morgan fingerprint density at radius 1 is 1.12 bits per heavy atom. The molecule has 7 heteroatoms. The molecule has 24 heavy (non-hydrogen) atoms. The highest BCUT2D eigenvalue weighted by molar-refractivity contribution is 5.97. The largest absolute Gasteiger partial charge is 0.480 e. The van der Waals surface area contributed by atoms with Crippen LogP contribution in [0.1, 0.15) is 31.1 Å². The molecule has 1 atom stereocenters. The second kappa shape index (κ2) is 6.90. The van der Waals surface area contributed by atoms with Crippen LogP contribution in [0.2, 0.25) is 0 Å². The van der Waals surface area contributed by atoms with Crippen LogP contribution in [0.4, 0.5) is 4.79 Å². The minimum atomic E-state index is -1.15. The number of piperazine rings is 1. The lowest BCUT2D eigenvalue weighted by atomic mass is 10.1. The van der Waals surface area contributed by atoms with Crippen molar-refractivity contribution in [2.24, 2.45) is 0 Å². The number of aliphatic carboxylic acids is 1. The number of ether oxygens (including phenoxy) is 1. The summed E-state index contributed by atoms with van der Waals surface area (Å²) in [6, 6.07) is 7.41. The van der Waals surface area contributed by atoms with E-state index in [0.717, 1.165) is 0 Å². The number of carboxylic acid groups (broad SMARTS) is 1. The zero-order valence-corrected chi connectivity index (χ0v) is 14.1. The van der Waals surface area contributed by atoms with E-state index < -0.39 is 23.7 Å². The molecular weight excluding hydrogens is 312 g/mol. The van der Waals surface area contributed by atoms with Crippen LogP contribution in [-0.2, 0) is 9.53 Å². The maximum Gasteiger partial charge on any atom is 0.410 e. The Balaban J connectivity index is 2.13. The summed E-state index contributed by atoms with van der Waals surface area (Å²) < 4.78 is 5.28. The van der Waals surface area contributed by atoms with E-state index in [0.29, 0.717) is 5.56 Å². The molecule has 1 aromatic rings. The highest BCUT2D eigenvalue weighted by Gasteiger charge is 2.38. The van der Waals surface area contributed by atoms with E-state index in [1.54, 1.807) is 51.1 Å². The Labute approximate surface area is 140 Å². The van der Waals surface area contributed by atoms with Gasteiger partial charge in [-0.3, -0.25) is 4.79 Å². The summed E-state index contributed by atoms with van der Waals surface area (Å²) in [4.78, 5) is 38.9. The van der Waals surface area contributed by atoms with Gasteiger partial charge in [0.1, 0.15) is 11.6 Å². The first kappa shape index (κ1) is 17.8. The number of amides is 2. The number of carboxylic acids is 1. The van der Waals surface area contributed by atoms with Crippen molar-refractivity contribution in [1.29, 1.82) is 0 Å².